The van der Waals surface area contributed by atoms with Gasteiger partial charge in [-0.1, -0.05) is 41.1 Å². The molecule has 1 N–H and O–H groups in total. The lowest BCUT2D eigenvalue weighted by molar-refractivity contribution is 0.602. The zero-order valence-electron chi connectivity index (χ0n) is 11.1. The number of hydrogen-bond donors (Lipinski definition) is 1. The van der Waals surface area contributed by atoms with E-state index in [0.29, 0.717) is 0 Å². The van der Waals surface area contributed by atoms with Crippen molar-refractivity contribution in [2.45, 2.75) is 19.9 Å². The SMILES string of the molecule is CCNC(c1cccc(F)c1)c1ccc(Br)cc1C. The lowest BCUT2D eigenvalue weighted by Gasteiger charge is -2.21. The number of nitrogens with one attached hydrogen (secondary N) is 1. The topological polar surface area (TPSA) is 12.0 Å². The summed E-state index contributed by atoms with van der Waals surface area (Å²) in [6.07, 6.45) is 0. The van der Waals surface area contributed by atoms with Crippen LogP contribution in [0.15, 0.2) is 46.9 Å². The van der Waals surface area contributed by atoms with Gasteiger partial charge in [0.2, 0.25) is 0 Å². The highest BCUT2D eigenvalue weighted by Crippen LogP contribution is 2.27. The fourth-order valence-electron chi connectivity index (χ4n) is 2.26. The van der Waals surface area contributed by atoms with Gasteiger partial charge in [0.25, 0.3) is 0 Å². The van der Waals surface area contributed by atoms with Crippen LogP contribution in [-0.2, 0) is 0 Å². The third-order valence-electron chi connectivity index (χ3n) is 3.13. The minimum absolute atomic E-state index is 0.0220. The average molecular weight is 322 g/mol. The maximum absolute atomic E-state index is 13.4. The van der Waals surface area contributed by atoms with Gasteiger partial charge in [-0.3, -0.25) is 0 Å². The second-order valence-electron chi connectivity index (χ2n) is 4.55. The van der Waals surface area contributed by atoms with Crippen molar-refractivity contribution >= 4 is 15.9 Å². The van der Waals surface area contributed by atoms with Gasteiger partial charge in [-0.15, -0.1) is 0 Å². The quantitative estimate of drug-likeness (QED) is 0.868. The molecule has 0 amide bonds. The Kier molecular flexibility index (Phi) is 4.72. The van der Waals surface area contributed by atoms with E-state index in [1.165, 1.54) is 17.2 Å². The molecule has 0 fully saturated rings. The van der Waals surface area contributed by atoms with Crippen molar-refractivity contribution in [3.63, 3.8) is 0 Å². The highest BCUT2D eigenvalue weighted by Gasteiger charge is 2.15. The van der Waals surface area contributed by atoms with Crippen LogP contribution >= 0.6 is 15.9 Å². The fourth-order valence-corrected chi connectivity index (χ4v) is 2.74. The first-order valence-electron chi connectivity index (χ1n) is 6.36. The van der Waals surface area contributed by atoms with E-state index in [-0.39, 0.29) is 11.9 Å². The van der Waals surface area contributed by atoms with Crippen molar-refractivity contribution in [1.29, 1.82) is 0 Å². The van der Waals surface area contributed by atoms with Crippen molar-refractivity contribution in [3.8, 4) is 0 Å². The van der Waals surface area contributed by atoms with Gasteiger partial charge >= 0.3 is 0 Å². The standard InChI is InChI=1S/C16H17BrFN/c1-3-19-16(12-5-4-6-14(18)10-12)15-8-7-13(17)9-11(15)2/h4-10,16,19H,3H2,1-2H3. The molecule has 3 heteroatoms. The smallest absolute Gasteiger partial charge is 0.123 e. The van der Waals surface area contributed by atoms with Crippen LogP contribution in [0, 0.1) is 12.7 Å². The van der Waals surface area contributed by atoms with Gasteiger partial charge in [0.15, 0.2) is 0 Å². The van der Waals surface area contributed by atoms with Crippen LogP contribution < -0.4 is 5.32 Å². The van der Waals surface area contributed by atoms with Gasteiger partial charge in [0.05, 0.1) is 6.04 Å². The van der Waals surface area contributed by atoms with Crippen molar-refractivity contribution in [1.82, 2.24) is 5.32 Å². The number of aryl methyl sites for hydroxylation is 1. The molecule has 1 unspecified atom stereocenters. The summed E-state index contributed by atoms with van der Waals surface area (Å²) >= 11 is 3.47. The first-order chi connectivity index (χ1) is 9.11. The molecular weight excluding hydrogens is 305 g/mol. The number of rotatable bonds is 4. The molecule has 0 aromatic heterocycles. The van der Waals surface area contributed by atoms with E-state index in [0.717, 1.165) is 16.6 Å². The zero-order chi connectivity index (χ0) is 13.8. The molecule has 1 atom stereocenters. The van der Waals surface area contributed by atoms with Crippen molar-refractivity contribution in [2.75, 3.05) is 6.54 Å². The van der Waals surface area contributed by atoms with Gasteiger partial charge in [0, 0.05) is 4.47 Å². The van der Waals surface area contributed by atoms with Crippen LogP contribution in [-0.4, -0.2) is 6.54 Å². The summed E-state index contributed by atoms with van der Waals surface area (Å²) in [5.41, 5.74) is 3.31. The first kappa shape index (κ1) is 14.2. The van der Waals surface area contributed by atoms with Gasteiger partial charge in [-0.05, 0) is 54.4 Å². The lowest BCUT2D eigenvalue weighted by atomic mass is 9.95. The van der Waals surface area contributed by atoms with Crippen LogP contribution in [0.4, 0.5) is 4.39 Å². The molecular formula is C16H17BrFN. The molecule has 0 aliphatic rings. The summed E-state index contributed by atoms with van der Waals surface area (Å²) in [4.78, 5) is 0. The molecule has 19 heavy (non-hydrogen) atoms. The molecule has 2 aromatic carbocycles. The third-order valence-corrected chi connectivity index (χ3v) is 3.63. The average Bonchev–Trinajstić information content (AvgIpc) is 2.37. The Balaban J connectivity index is 2.45. The van der Waals surface area contributed by atoms with E-state index < -0.39 is 0 Å². The molecule has 0 saturated carbocycles. The molecule has 2 rings (SSSR count). The van der Waals surface area contributed by atoms with Crippen molar-refractivity contribution < 1.29 is 4.39 Å². The van der Waals surface area contributed by atoms with E-state index in [1.54, 1.807) is 12.1 Å². The number of hydrogen-bond acceptors (Lipinski definition) is 1. The van der Waals surface area contributed by atoms with E-state index >= 15 is 0 Å². The summed E-state index contributed by atoms with van der Waals surface area (Å²) in [5, 5.41) is 3.42. The molecule has 100 valence electrons. The molecule has 0 bridgehead atoms. The molecule has 0 aliphatic carbocycles. The van der Waals surface area contributed by atoms with E-state index in [2.05, 4.69) is 47.2 Å². The molecule has 0 aliphatic heterocycles. The largest absolute Gasteiger partial charge is 0.307 e. The first-order valence-corrected chi connectivity index (χ1v) is 7.16. The molecule has 2 aromatic rings. The summed E-state index contributed by atoms with van der Waals surface area (Å²) in [7, 11) is 0. The maximum atomic E-state index is 13.4. The van der Waals surface area contributed by atoms with E-state index in [1.807, 2.05) is 12.1 Å². The monoisotopic (exact) mass is 321 g/mol. The van der Waals surface area contributed by atoms with E-state index in [9.17, 15) is 4.39 Å². The van der Waals surface area contributed by atoms with Crippen LogP contribution in [0.3, 0.4) is 0 Å². The Bertz CT molecular complexity index is 568. The molecule has 0 heterocycles. The minimum Gasteiger partial charge on any atom is -0.307 e. The highest BCUT2D eigenvalue weighted by molar-refractivity contribution is 9.10. The Morgan fingerprint density at radius 1 is 1.21 bits per heavy atom. The Morgan fingerprint density at radius 2 is 2.00 bits per heavy atom. The van der Waals surface area contributed by atoms with Crippen molar-refractivity contribution in [2.24, 2.45) is 0 Å². The second kappa shape index (κ2) is 6.31. The number of benzene rings is 2. The Labute approximate surface area is 122 Å². The predicted octanol–water partition coefficient (Wildman–Crippen LogP) is 4.60. The zero-order valence-corrected chi connectivity index (χ0v) is 12.7. The van der Waals surface area contributed by atoms with Crippen LogP contribution in [0.25, 0.3) is 0 Å². The fraction of sp³-hybridized carbons (Fsp3) is 0.250. The molecule has 0 saturated heterocycles. The van der Waals surface area contributed by atoms with Gasteiger partial charge in [-0.25, -0.2) is 4.39 Å². The Morgan fingerprint density at radius 3 is 2.63 bits per heavy atom. The summed E-state index contributed by atoms with van der Waals surface area (Å²) in [6, 6.07) is 13.0. The van der Waals surface area contributed by atoms with Gasteiger partial charge < -0.3 is 5.32 Å². The summed E-state index contributed by atoms with van der Waals surface area (Å²) < 4.78 is 14.5. The van der Waals surface area contributed by atoms with Crippen LogP contribution in [0.1, 0.15) is 29.7 Å². The van der Waals surface area contributed by atoms with Gasteiger partial charge in [0.1, 0.15) is 5.82 Å². The van der Waals surface area contributed by atoms with Gasteiger partial charge in [-0.2, -0.15) is 0 Å². The second-order valence-corrected chi connectivity index (χ2v) is 5.46. The highest BCUT2D eigenvalue weighted by atomic mass is 79.9. The molecule has 1 nitrogen and oxygen atoms in total. The molecule has 0 spiro atoms. The van der Waals surface area contributed by atoms with Crippen LogP contribution in [0.5, 0.6) is 0 Å². The summed E-state index contributed by atoms with van der Waals surface area (Å²) in [6.45, 7) is 4.96. The predicted molar refractivity (Wildman–Crippen MR) is 80.8 cm³/mol. The maximum Gasteiger partial charge on any atom is 0.123 e. The minimum atomic E-state index is -0.199. The van der Waals surface area contributed by atoms with Crippen LogP contribution in [0.2, 0.25) is 0 Å². The third kappa shape index (κ3) is 3.43. The van der Waals surface area contributed by atoms with E-state index in [4.69, 9.17) is 0 Å². The Hall–Kier alpha value is -1.19. The summed E-state index contributed by atoms with van der Waals surface area (Å²) in [5.74, 6) is -0.199. The number of halogens is 2. The normalized spacial score (nSPS) is 12.4. The lowest BCUT2D eigenvalue weighted by Crippen LogP contribution is -2.22. The molecule has 0 radical (unpaired) electrons. The van der Waals surface area contributed by atoms with Crippen molar-refractivity contribution in [3.05, 3.63) is 69.4 Å².